The zero-order chi connectivity index (χ0) is 8.69. The lowest BCUT2D eigenvalue weighted by atomic mass is 10.6. The molecule has 0 aliphatic carbocycles. The molecule has 0 bridgehead atoms. The van der Waals surface area contributed by atoms with Gasteiger partial charge in [0.25, 0.3) is 5.95 Å². The molecule has 0 atom stereocenters. The van der Waals surface area contributed by atoms with Gasteiger partial charge < -0.3 is 14.6 Å². The molecule has 0 aliphatic heterocycles. The van der Waals surface area contributed by atoms with Crippen LogP contribution >= 0.6 is 0 Å². The van der Waals surface area contributed by atoms with E-state index in [1.807, 2.05) is 0 Å². The SMILES string of the molecule is CCOC(=O)/C=C(\O)OCC. The number of hydrogen-bond acceptors (Lipinski definition) is 4. The number of esters is 1. The molecule has 0 amide bonds. The molecule has 0 aromatic heterocycles. The molecule has 0 aromatic rings. The average Bonchev–Trinajstić information content (AvgIpc) is 1.87. The van der Waals surface area contributed by atoms with Gasteiger partial charge in [0.05, 0.1) is 13.2 Å². The third-order valence-corrected chi connectivity index (χ3v) is 0.820. The molecule has 11 heavy (non-hydrogen) atoms. The molecule has 0 saturated heterocycles. The van der Waals surface area contributed by atoms with Gasteiger partial charge in [-0.25, -0.2) is 4.79 Å². The van der Waals surface area contributed by atoms with Crippen molar-refractivity contribution in [1.82, 2.24) is 0 Å². The minimum absolute atomic E-state index is 0.286. The van der Waals surface area contributed by atoms with Crippen molar-refractivity contribution >= 4 is 5.97 Å². The van der Waals surface area contributed by atoms with E-state index < -0.39 is 11.9 Å². The number of aliphatic hydroxyl groups is 1. The van der Waals surface area contributed by atoms with Crippen LogP contribution in [0, 0.1) is 0 Å². The largest absolute Gasteiger partial charge is 0.481 e. The summed E-state index contributed by atoms with van der Waals surface area (Å²) in [6.45, 7) is 4.00. The summed E-state index contributed by atoms with van der Waals surface area (Å²) in [5, 5.41) is 8.78. The fraction of sp³-hybridized carbons (Fsp3) is 0.571. The number of carbonyl (C=O) groups excluding carboxylic acids is 1. The molecule has 0 unspecified atom stereocenters. The Morgan fingerprint density at radius 1 is 1.36 bits per heavy atom. The van der Waals surface area contributed by atoms with Gasteiger partial charge in [0, 0.05) is 0 Å². The number of rotatable bonds is 4. The van der Waals surface area contributed by atoms with E-state index in [2.05, 4.69) is 9.47 Å². The Morgan fingerprint density at radius 2 is 1.91 bits per heavy atom. The molecule has 4 nitrogen and oxygen atoms in total. The molecule has 0 fully saturated rings. The summed E-state index contributed by atoms with van der Waals surface area (Å²) in [5.74, 6) is -1.01. The van der Waals surface area contributed by atoms with Crippen LogP contribution in [0.4, 0.5) is 0 Å². The maximum atomic E-state index is 10.6. The summed E-state index contributed by atoms with van der Waals surface area (Å²) < 4.78 is 9.08. The molecule has 0 aromatic carbocycles. The van der Waals surface area contributed by atoms with Crippen molar-refractivity contribution < 1.29 is 19.4 Å². The van der Waals surface area contributed by atoms with Crippen LogP contribution < -0.4 is 0 Å². The smallest absolute Gasteiger partial charge is 0.337 e. The Hall–Kier alpha value is -1.19. The minimum Gasteiger partial charge on any atom is -0.481 e. The van der Waals surface area contributed by atoms with Gasteiger partial charge in [0.2, 0.25) is 0 Å². The van der Waals surface area contributed by atoms with E-state index in [-0.39, 0.29) is 6.61 Å². The Labute approximate surface area is 65.4 Å². The van der Waals surface area contributed by atoms with Crippen molar-refractivity contribution in [2.45, 2.75) is 13.8 Å². The molecule has 0 heterocycles. The van der Waals surface area contributed by atoms with E-state index >= 15 is 0 Å². The lowest BCUT2D eigenvalue weighted by Crippen LogP contribution is -2.02. The van der Waals surface area contributed by atoms with Crippen molar-refractivity contribution in [3.63, 3.8) is 0 Å². The number of carbonyl (C=O) groups is 1. The highest BCUT2D eigenvalue weighted by Gasteiger charge is 1.99. The first-order valence-electron chi connectivity index (χ1n) is 3.40. The molecule has 4 heteroatoms. The number of ether oxygens (including phenoxy) is 2. The molecule has 64 valence electrons. The van der Waals surface area contributed by atoms with Crippen LogP contribution in [0.5, 0.6) is 0 Å². The highest BCUT2D eigenvalue weighted by molar-refractivity contribution is 5.82. The average molecular weight is 160 g/mol. The maximum absolute atomic E-state index is 10.6. The zero-order valence-electron chi connectivity index (χ0n) is 6.66. The molecule has 0 radical (unpaired) electrons. The van der Waals surface area contributed by atoms with Gasteiger partial charge in [0.1, 0.15) is 6.08 Å². The first kappa shape index (κ1) is 9.81. The van der Waals surface area contributed by atoms with Crippen molar-refractivity contribution in [3.8, 4) is 0 Å². The molecular weight excluding hydrogens is 148 g/mol. The minimum atomic E-state index is -0.599. The molecule has 0 rings (SSSR count). The summed E-state index contributed by atoms with van der Waals surface area (Å²) in [7, 11) is 0. The zero-order valence-corrected chi connectivity index (χ0v) is 6.66. The summed E-state index contributed by atoms with van der Waals surface area (Å²) >= 11 is 0. The van der Waals surface area contributed by atoms with Crippen molar-refractivity contribution in [2.24, 2.45) is 0 Å². The summed E-state index contributed by atoms with van der Waals surface area (Å²) in [6, 6.07) is 0. The van der Waals surface area contributed by atoms with Gasteiger partial charge >= 0.3 is 5.97 Å². The lowest BCUT2D eigenvalue weighted by molar-refractivity contribution is -0.137. The fourth-order valence-electron chi connectivity index (χ4n) is 0.474. The molecule has 0 saturated carbocycles. The third-order valence-electron chi connectivity index (χ3n) is 0.820. The number of aliphatic hydroxyl groups excluding tert-OH is 1. The first-order valence-corrected chi connectivity index (χ1v) is 3.40. The quantitative estimate of drug-likeness (QED) is 0.378. The van der Waals surface area contributed by atoms with Crippen molar-refractivity contribution in [3.05, 3.63) is 12.0 Å². The van der Waals surface area contributed by atoms with Gasteiger partial charge in [-0.15, -0.1) is 0 Å². The van der Waals surface area contributed by atoms with Crippen LogP contribution in [0.3, 0.4) is 0 Å². The van der Waals surface area contributed by atoms with Gasteiger partial charge in [-0.2, -0.15) is 0 Å². The predicted octanol–water partition coefficient (Wildman–Crippen LogP) is 0.985. The standard InChI is InChI=1S/C7H12O4/c1-3-10-6(8)5-7(9)11-4-2/h5,8H,3-4H2,1-2H3/b6-5+. The molecular formula is C7H12O4. The van der Waals surface area contributed by atoms with Crippen LogP contribution in [0.1, 0.15) is 13.8 Å². The summed E-state index contributed by atoms with van der Waals surface area (Å²) in [6.07, 6.45) is 0.896. The van der Waals surface area contributed by atoms with Crippen molar-refractivity contribution in [2.75, 3.05) is 13.2 Å². The Kier molecular flexibility index (Phi) is 4.98. The Balaban J connectivity index is 3.76. The normalized spacial score (nSPS) is 10.9. The maximum Gasteiger partial charge on any atom is 0.337 e. The van der Waals surface area contributed by atoms with E-state index in [9.17, 15) is 4.79 Å². The van der Waals surface area contributed by atoms with E-state index in [4.69, 9.17) is 5.11 Å². The monoisotopic (exact) mass is 160 g/mol. The second-order valence-electron chi connectivity index (χ2n) is 1.67. The highest BCUT2D eigenvalue weighted by Crippen LogP contribution is 1.91. The first-order chi connectivity index (χ1) is 5.20. The van der Waals surface area contributed by atoms with E-state index in [1.54, 1.807) is 13.8 Å². The number of hydrogen-bond donors (Lipinski definition) is 1. The molecule has 0 spiro atoms. The van der Waals surface area contributed by atoms with Crippen LogP contribution in [0.25, 0.3) is 0 Å². The van der Waals surface area contributed by atoms with E-state index in [1.165, 1.54) is 0 Å². The van der Waals surface area contributed by atoms with Gasteiger partial charge in [-0.3, -0.25) is 0 Å². The van der Waals surface area contributed by atoms with Crippen LogP contribution in [0.15, 0.2) is 12.0 Å². The van der Waals surface area contributed by atoms with Crippen molar-refractivity contribution in [1.29, 1.82) is 0 Å². The van der Waals surface area contributed by atoms with Crippen LogP contribution in [-0.4, -0.2) is 24.3 Å². The van der Waals surface area contributed by atoms with Gasteiger partial charge in [0.15, 0.2) is 0 Å². The fourth-order valence-corrected chi connectivity index (χ4v) is 0.474. The summed E-state index contributed by atoms with van der Waals surface area (Å²) in [4.78, 5) is 10.6. The van der Waals surface area contributed by atoms with Gasteiger partial charge in [-0.05, 0) is 13.8 Å². The Morgan fingerprint density at radius 3 is 2.36 bits per heavy atom. The van der Waals surface area contributed by atoms with Crippen LogP contribution in [0.2, 0.25) is 0 Å². The van der Waals surface area contributed by atoms with E-state index in [0.717, 1.165) is 6.08 Å². The highest BCUT2D eigenvalue weighted by atomic mass is 16.6. The molecule has 1 N–H and O–H groups in total. The van der Waals surface area contributed by atoms with Gasteiger partial charge in [-0.1, -0.05) is 0 Å². The second kappa shape index (κ2) is 5.58. The molecule has 0 aliphatic rings. The third kappa shape index (κ3) is 5.26. The van der Waals surface area contributed by atoms with E-state index in [0.29, 0.717) is 6.61 Å². The van der Waals surface area contributed by atoms with Crippen LogP contribution in [-0.2, 0) is 14.3 Å². The Bertz CT molecular complexity index is 151. The second-order valence-corrected chi connectivity index (χ2v) is 1.67. The summed E-state index contributed by atoms with van der Waals surface area (Å²) in [5.41, 5.74) is 0. The predicted molar refractivity (Wildman–Crippen MR) is 39.0 cm³/mol. The lowest BCUT2D eigenvalue weighted by Gasteiger charge is -1.99. The topological polar surface area (TPSA) is 55.8 Å².